The van der Waals surface area contributed by atoms with Crippen molar-refractivity contribution in [2.75, 3.05) is 63.9 Å². The zero-order valence-electron chi connectivity index (χ0n) is 40.9. The number of hydrogen-bond acceptors (Lipinski definition) is 10. The lowest BCUT2D eigenvalue weighted by Gasteiger charge is -2.45. The fourth-order valence-electron chi connectivity index (χ4n) is 12.1. The molecule has 5 N–H and O–H groups in total. The van der Waals surface area contributed by atoms with Gasteiger partial charge in [0.15, 0.2) is 23.2 Å². The smallest absolute Gasteiger partial charge is 0.329 e. The van der Waals surface area contributed by atoms with Crippen molar-refractivity contribution in [2.45, 2.75) is 81.8 Å². The SMILES string of the molecule is CC1c2c(cc(F)c(Cl)c2-c2c(C(N)=O)ccc(OCCO)c2F)O[C@]1(CCNC1CCC(C(=O)N2CC(CN3CCC(c4ccc5c(N6CCC(=O)NC6=O)nn(C)c5c4F)CC3)C2)CC1)c1ccccc1. The zero-order chi connectivity index (χ0) is 51.3. The number of rotatable bonds is 15. The lowest BCUT2D eigenvalue weighted by atomic mass is 9.75. The van der Waals surface area contributed by atoms with Crippen LogP contribution >= 0.6 is 11.6 Å². The molecule has 4 aliphatic heterocycles. The number of benzene rings is 4. The summed E-state index contributed by atoms with van der Waals surface area (Å²) in [7, 11) is 1.67. The summed E-state index contributed by atoms with van der Waals surface area (Å²) in [6.07, 6.45) is 5.36. The van der Waals surface area contributed by atoms with Gasteiger partial charge in [-0.2, -0.15) is 5.10 Å². The van der Waals surface area contributed by atoms with Crippen LogP contribution in [0.15, 0.2) is 60.7 Å². The fraction of sp³-hybridized carbons (Fsp3) is 0.463. The predicted molar refractivity (Wildman–Crippen MR) is 268 cm³/mol. The van der Waals surface area contributed by atoms with Crippen LogP contribution in [-0.2, 0) is 22.2 Å². The fourth-order valence-corrected chi connectivity index (χ4v) is 12.4. The van der Waals surface area contributed by atoms with Gasteiger partial charge in [-0.05, 0) is 93.4 Å². The van der Waals surface area contributed by atoms with E-state index in [4.69, 9.17) is 26.8 Å². The van der Waals surface area contributed by atoms with E-state index in [1.807, 2.05) is 54.3 Å². The summed E-state index contributed by atoms with van der Waals surface area (Å²) in [4.78, 5) is 56.5. The molecule has 386 valence electrons. The minimum absolute atomic E-state index is 0.0418. The molecule has 10 rings (SSSR count). The van der Waals surface area contributed by atoms with Crippen LogP contribution in [0.1, 0.15) is 97.2 Å². The van der Waals surface area contributed by atoms with Crippen LogP contribution in [0, 0.1) is 29.3 Å². The van der Waals surface area contributed by atoms with Gasteiger partial charge in [0.05, 0.1) is 17.2 Å². The molecule has 5 aromatic rings. The maximum absolute atomic E-state index is 16.4. The third-order valence-corrected chi connectivity index (χ3v) is 16.3. The van der Waals surface area contributed by atoms with Gasteiger partial charge in [0, 0.05) is 98.0 Å². The first kappa shape index (κ1) is 50.3. The topological polar surface area (TPSA) is 185 Å². The summed E-state index contributed by atoms with van der Waals surface area (Å²) in [5.41, 5.74) is 6.36. The van der Waals surface area contributed by atoms with Gasteiger partial charge in [-0.3, -0.25) is 29.3 Å². The van der Waals surface area contributed by atoms with Crippen LogP contribution in [-0.4, -0.2) is 114 Å². The number of halogens is 4. The third kappa shape index (κ3) is 9.40. The molecule has 19 heteroatoms. The van der Waals surface area contributed by atoms with E-state index >= 15 is 13.2 Å². The number of primary amides is 1. The zero-order valence-corrected chi connectivity index (χ0v) is 41.7. The van der Waals surface area contributed by atoms with E-state index in [-0.39, 0.29) is 89.9 Å². The highest BCUT2D eigenvalue weighted by Gasteiger charge is 2.50. The van der Waals surface area contributed by atoms with Crippen molar-refractivity contribution in [3.8, 4) is 22.6 Å². The Morgan fingerprint density at radius 2 is 1.71 bits per heavy atom. The number of fused-ring (bicyclic) bond motifs is 2. The van der Waals surface area contributed by atoms with E-state index in [0.717, 1.165) is 76.8 Å². The summed E-state index contributed by atoms with van der Waals surface area (Å²) in [5.74, 6) is -3.13. The first-order valence-corrected chi connectivity index (χ1v) is 25.7. The van der Waals surface area contributed by atoms with Gasteiger partial charge in [-0.25, -0.2) is 18.0 Å². The predicted octanol–water partition coefficient (Wildman–Crippen LogP) is 7.50. The van der Waals surface area contributed by atoms with E-state index in [1.165, 1.54) is 27.8 Å². The second-order valence-corrected chi connectivity index (χ2v) is 20.7. The third-order valence-electron chi connectivity index (χ3n) is 16.0. The van der Waals surface area contributed by atoms with Gasteiger partial charge in [0.25, 0.3) is 0 Å². The number of amides is 5. The second-order valence-electron chi connectivity index (χ2n) is 20.3. The number of carbonyl (C=O) groups is 4. The van der Waals surface area contributed by atoms with Crippen molar-refractivity contribution in [3.63, 3.8) is 0 Å². The summed E-state index contributed by atoms with van der Waals surface area (Å²) < 4.78 is 62.2. The molecule has 0 radical (unpaired) electrons. The van der Waals surface area contributed by atoms with Gasteiger partial charge < -0.3 is 35.4 Å². The number of anilines is 1. The van der Waals surface area contributed by atoms with Gasteiger partial charge in [-0.1, -0.05) is 54.9 Å². The van der Waals surface area contributed by atoms with Crippen molar-refractivity contribution in [3.05, 3.63) is 105 Å². The molecule has 73 heavy (non-hydrogen) atoms. The number of imide groups is 1. The van der Waals surface area contributed by atoms with E-state index in [1.54, 1.807) is 7.05 Å². The average Bonchev–Trinajstić information content (AvgIpc) is 3.85. The molecule has 4 aromatic carbocycles. The minimum Gasteiger partial charge on any atom is -0.488 e. The number of piperidine rings is 1. The van der Waals surface area contributed by atoms with E-state index in [2.05, 4.69) is 20.6 Å². The molecule has 2 atom stereocenters. The van der Waals surface area contributed by atoms with Gasteiger partial charge >= 0.3 is 6.03 Å². The molecular weight excluding hydrogens is 965 g/mol. The molecule has 1 aliphatic carbocycles. The van der Waals surface area contributed by atoms with Crippen LogP contribution < -0.4 is 30.7 Å². The monoisotopic (exact) mass is 1020 g/mol. The lowest BCUT2D eigenvalue weighted by molar-refractivity contribution is -0.143. The second kappa shape index (κ2) is 20.6. The number of nitrogens with one attached hydrogen (secondary N) is 2. The number of aliphatic hydroxyl groups is 1. The Kier molecular flexibility index (Phi) is 14.2. The van der Waals surface area contributed by atoms with Gasteiger partial charge in [-0.15, -0.1) is 0 Å². The molecule has 1 aromatic heterocycles. The van der Waals surface area contributed by atoms with Crippen molar-refractivity contribution < 1.29 is 46.9 Å². The minimum atomic E-state index is -1.05. The van der Waals surface area contributed by atoms with Crippen LogP contribution in [0.3, 0.4) is 0 Å². The highest BCUT2D eigenvalue weighted by atomic mass is 35.5. The number of aliphatic hydroxyl groups excluding tert-OH is 1. The standard InChI is InChI=1S/C54H60ClF3N8O7/c1-30-43-41(26-39(56)46(55)45(43)44-37(50(59)69)14-15-40(48(44)58)72-25-24-67)73-54(30,34-6-4-3-5-7-34)19-20-60-35-10-8-33(9-11-35)52(70)65-28-31(29-65)27-64-21-16-32(17-22-64)36-12-13-38-49(47(36)57)63(2)62-51(38)66-23-18-42(68)61-53(66)71/h3-7,12-15,26,30-33,35,60,67H,8-11,16-25,27-29H2,1-2H3,(H2,59,69)(H,61,68,71)/t30?,33?,35?,54-/m0/s1. The largest absolute Gasteiger partial charge is 0.488 e. The molecule has 0 bridgehead atoms. The molecule has 0 spiro atoms. The number of aromatic nitrogens is 2. The summed E-state index contributed by atoms with van der Waals surface area (Å²) >= 11 is 6.71. The molecular formula is C54H60ClF3N8O7. The number of hydrogen-bond donors (Lipinski definition) is 4. The average molecular weight is 1030 g/mol. The van der Waals surface area contributed by atoms with Crippen LogP contribution in [0.4, 0.5) is 23.8 Å². The number of ether oxygens (including phenoxy) is 2. The Hall–Kier alpha value is -6.21. The number of aryl methyl sites for hydroxylation is 1. The summed E-state index contributed by atoms with van der Waals surface area (Å²) in [6, 6.07) is 16.5. The Bertz CT molecular complexity index is 2960. The van der Waals surface area contributed by atoms with Crippen molar-refractivity contribution in [2.24, 2.45) is 24.6 Å². The van der Waals surface area contributed by atoms with E-state index in [9.17, 15) is 24.3 Å². The number of urea groups is 1. The Labute approximate surface area is 426 Å². The molecule has 5 aliphatic rings. The number of likely N-dealkylation sites (tertiary alicyclic amines) is 2. The number of nitrogens with zero attached hydrogens (tertiary/aromatic N) is 5. The quantitative estimate of drug-likeness (QED) is 0.0820. The molecule has 5 amide bonds. The van der Waals surface area contributed by atoms with Crippen molar-refractivity contribution in [1.82, 2.24) is 30.2 Å². The Morgan fingerprint density at radius 3 is 2.41 bits per heavy atom. The maximum atomic E-state index is 16.4. The lowest BCUT2D eigenvalue weighted by Crippen LogP contribution is -2.56. The Morgan fingerprint density at radius 1 is 0.973 bits per heavy atom. The van der Waals surface area contributed by atoms with Gasteiger partial charge in [0.2, 0.25) is 17.7 Å². The highest BCUT2D eigenvalue weighted by Crippen LogP contribution is 2.58. The van der Waals surface area contributed by atoms with E-state index in [0.29, 0.717) is 46.7 Å². The first-order valence-electron chi connectivity index (χ1n) is 25.3. The molecule has 1 saturated carbocycles. The normalized spacial score (nSPS) is 22.8. The Balaban J connectivity index is 0.723. The van der Waals surface area contributed by atoms with E-state index < -0.39 is 40.1 Å². The first-order chi connectivity index (χ1) is 35.2. The van der Waals surface area contributed by atoms with Crippen molar-refractivity contribution >= 4 is 52.1 Å². The number of nitrogens with two attached hydrogens (primary N) is 1. The number of carbonyl (C=O) groups excluding carboxylic acids is 4. The van der Waals surface area contributed by atoms with Gasteiger partial charge in [0.1, 0.15) is 29.3 Å². The molecule has 5 heterocycles. The molecule has 4 fully saturated rings. The van der Waals surface area contributed by atoms with Crippen LogP contribution in [0.5, 0.6) is 11.5 Å². The maximum Gasteiger partial charge on any atom is 0.329 e. The van der Waals surface area contributed by atoms with Crippen LogP contribution in [0.2, 0.25) is 5.02 Å². The summed E-state index contributed by atoms with van der Waals surface area (Å²) in [5, 5.41) is 20.0. The van der Waals surface area contributed by atoms with Crippen molar-refractivity contribution in [1.29, 1.82) is 0 Å². The molecule has 1 unspecified atom stereocenters. The molecule has 15 nitrogen and oxygen atoms in total. The highest BCUT2D eigenvalue weighted by molar-refractivity contribution is 6.34. The summed E-state index contributed by atoms with van der Waals surface area (Å²) in [6.45, 7) is 6.01. The molecule has 3 saturated heterocycles. The van der Waals surface area contributed by atoms with Crippen LogP contribution in [0.25, 0.3) is 22.0 Å².